The zero-order valence-electron chi connectivity index (χ0n) is 15.3. The molecule has 0 saturated carbocycles. The summed E-state index contributed by atoms with van der Waals surface area (Å²) in [7, 11) is 0. The minimum absolute atomic E-state index is 0.123. The van der Waals surface area contributed by atoms with Crippen LogP contribution in [0.25, 0.3) is 0 Å². The number of para-hydroxylation sites is 2. The number of benzene rings is 2. The van der Waals surface area contributed by atoms with Crippen LogP contribution < -0.4 is 15.4 Å². The maximum Gasteiger partial charge on any atom is 0.234 e. The number of rotatable bonds is 8. The second kappa shape index (κ2) is 9.87. The van der Waals surface area contributed by atoms with Crippen molar-refractivity contribution in [1.29, 1.82) is 0 Å². The Morgan fingerprint density at radius 3 is 2.23 bits per heavy atom. The Hall–Kier alpha value is -2.47. The van der Waals surface area contributed by atoms with Crippen LogP contribution in [-0.4, -0.2) is 29.9 Å². The fourth-order valence-electron chi connectivity index (χ4n) is 2.52. The van der Waals surface area contributed by atoms with Gasteiger partial charge in [-0.15, -0.1) is 11.8 Å². The number of hydrogen-bond donors (Lipinski definition) is 2. The number of ether oxygens (including phenoxy) is 1. The van der Waals surface area contributed by atoms with Gasteiger partial charge in [-0.25, -0.2) is 0 Å². The van der Waals surface area contributed by atoms with Crippen LogP contribution in [0.15, 0.2) is 42.5 Å². The predicted octanol–water partition coefficient (Wildman–Crippen LogP) is 4.01. The van der Waals surface area contributed by atoms with Gasteiger partial charge in [0.05, 0.1) is 23.8 Å². The van der Waals surface area contributed by atoms with E-state index in [4.69, 9.17) is 4.74 Å². The molecule has 0 aliphatic rings. The van der Waals surface area contributed by atoms with Gasteiger partial charge in [0.25, 0.3) is 0 Å². The molecule has 0 fully saturated rings. The molecule has 26 heavy (non-hydrogen) atoms. The van der Waals surface area contributed by atoms with E-state index < -0.39 is 0 Å². The average Bonchev–Trinajstić information content (AvgIpc) is 2.56. The Bertz CT molecular complexity index is 757. The number of nitrogens with one attached hydrogen (secondary N) is 2. The molecule has 0 radical (unpaired) electrons. The van der Waals surface area contributed by atoms with Gasteiger partial charge in [-0.05, 0) is 56.2 Å². The van der Waals surface area contributed by atoms with Crippen LogP contribution in [0.2, 0.25) is 0 Å². The van der Waals surface area contributed by atoms with Gasteiger partial charge in [0.1, 0.15) is 5.75 Å². The summed E-state index contributed by atoms with van der Waals surface area (Å²) in [6.45, 7) is 6.40. The molecule has 0 aromatic heterocycles. The van der Waals surface area contributed by atoms with Crippen LogP contribution in [0.1, 0.15) is 18.1 Å². The van der Waals surface area contributed by atoms with Crippen molar-refractivity contribution in [3.63, 3.8) is 0 Å². The van der Waals surface area contributed by atoms with E-state index in [0.717, 1.165) is 16.8 Å². The molecule has 2 aromatic carbocycles. The van der Waals surface area contributed by atoms with Crippen molar-refractivity contribution >= 4 is 35.0 Å². The molecule has 0 aliphatic carbocycles. The molecule has 2 aromatic rings. The van der Waals surface area contributed by atoms with Crippen molar-refractivity contribution in [3.8, 4) is 5.75 Å². The molecule has 0 saturated heterocycles. The first kappa shape index (κ1) is 19.8. The van der Waals surface area contributed by atoms with Gasteiger partial charge in [0.15, 0.2) is 0 Å². The summed E-state index contributed by atoms with van der Waals surface area (Å²) >= 11 is 1.27. The van der Waals surface area contributed by atoms with Crippen LogP contribution >= 0.6 is 11.8 Å². The van der Waals surface area contributed by atoms with Crippen LogP contribution in [0.4, 0.5) is 11.4 Å². The predicted molar refractivity (Wildman–Crippen MR) is 108 cm³/mol. The summed E-state index contributed by atoms with van der Waals surface area (Å²) in [6.07, 6.45) is 0. The Balaban J connectivity index is 1.78. The van der Waals surface area contributed by atoms with Crippen molar-refractivity contribution in [3.05, 3.63) is 53.6 Å². The highest BCUT2D eigenvalue weighted by atomic mass is 32.2. The summed E-state index contributed by atoms with van der Waals surface area (Å²) in [5.41, 5.74) is 3.61. The van der Waals surface area contributed by atoms with Crippen molar-refractivity contribution < 1.29 is 14.3 Å². The smallest absolute Gasteiger partial charge is 0.234 e. The number of anilines is 2. The standard InChI is InChI=1S/C20H24N2O3S/c1-4-25-18-8-6-5-7-17(18)22-20(24)13-26-12-19(23)21-16-10-14(2)9-15(3)11-16/h5-11H,4,12-13H2,1-3H3,(H,21,23)(H,22,24). The van der Waals surface area contributed by atoms with E-state index in [9.17, 15) is 9.59 Å². The molecule has 0 aliphatic heterocycles. The van der Waals surface area contributed by atoms with Gasteiger partial charge < -0.3 is 15.4 Å². The van der Waals surface area contributed by atoms with Crippen molar-refractivity contribution in [2.75, 3.05) is 28.7 Å². The molecule has 6 heteroatoms. The molecule has 138 valence electrons. The summed E-state index contributed by atoms with van der Waals surface area (Å²) in [4.78, 5) is 24.1. The highest BCUT2D eigenvalue weighted by Crippen LogP contribution is 2.23. The van der Waals surface area contributed by atoms with Crippen LogP contribution in [0.5, 0.6) is 5.75 Å². The lowest BCUT2D eigenvalue weighted by molar-refractivity contribution is -0.114. The molecule has 2 amide bonds. The van der Waals surface area contributed by atoms with Gasteiger partial charge in [-0.2, -0.15) is 0 Å². The normalized spacial score (nSPS) is 10.3. The Labute approximate surface area is 158 Å². The van der Waals surface area contributed by atoms with Crippen molar-refractivity contribution in [1.82, 2.24) is 0 Å². The monoisotopic (exact) mass is 372 g/mol. The van der Waals surface area contributed by atoms with Crippen molar-refractivity contribution in [2.24, 2.45) is 0 Å². The number of carbonyl (C=O) groups excluding carboxylic acids is 2. The number of carbonyl (C=O) groups is 2. The van der Waals surface area contributed by atoms with E-state index in [1.54, 1.807) is 6.07 Å². The number of aryl methyl sites for hydroxylation is 2. The SMILES string of the molecule is CCOc1ccccc1NC(=O)CSCC(=O)Nc1cc(C)cc(C)c1. The Kier molecular flexibility index (Phi) is 7.53. The van der Waals surface area contributed by atoms with E-state index in [1.165, 1.54) is 11.8 Å². The van der Waals surface area contributed by atoms with Crippen LogP contribution in [0, 0.1) is 13.8 Å². The molecule has 2 N–H and O–H groups in total. The van der Waals surface area contributed by atoms with E-state index >= 15 is 0 Å². The van der Waals surface area contributed by atoms with E-state index in [2.05, 4.69) is 16.7 Å². The fourth-order valence-corrected chi connectivity index (χ4v) is 3.14. The van der Waals surface area contributed by atoms with Gasteiger partial charge in [-0.1, -0.05) is 18.2 Å². The lowest BCUT2D eigenvalue weighted by Crippen LogP contribution is -2.18. The molecule has 5 nitrogen and oxygen atoms in total. The lowest BCUT2D eigenvalue weighted by atomic mass is 10.1. The Morgan fingerprint density at radius 1 is 0.962 bits per heavy atom. The highest BCUT2D eigenvalue weighted by molar-refractivity contribution is 8.00. The summed E-state index contributed by atoms with van der Waals surface area (Å²) in [5.74, 6) is 0.763. The first-order valence-electron chi connectivity index (χ1n) is 8.45. The third kappa shape index (κ3) is 6.44. The molecule has 0 spiro atoms. The topological polar surface area (TPSA) is 67.4 Å². The third-order valence-corrected chi connectivity index (χ3v) is 4.37. The number of thioether (sulfide) groups is 1. The highest BCUT2D eigenvalue weighted by Gasteiger charge is 2.09. The fraction of sp³-hybridized carbons (Fsp3) is 0.300. The zero-order valence-corrected chi connectivity index (χ0v) is 16.1. The molecule has 0 bridgehead atoms. The van der Waals surface area contributed by atoms with Crippen LogP contribution in [-0.2, 0) is 9.59 Å². The van der Waals surface area contributed by atoms with E-state index in [1.807, 2.05) is 51.1 Å². The van der Waals surface area contributed by atoms with Gasteiger partial charge in [0, 0.05) is 5.69 Å². The molecular formula is C20H24N2O3S. The molecule has 2 rings (SSSR count). The minimum Gasteiger partial charge on any atom is -0.492 e. The van der Waals surface area contributed by atoms with Gasteiger partial charge >= 0.3 is 0 Å². The largest absolute Gasteiger partial charge is 0.492 e. The van der Waals surface area contributed by atoms with Crippen molar-refractivity contribution in [2.45, 2.75) is 20.8 Å². The maximum atomic E-state index is 12.1. The molecule has 0 heterocycles. The first-order valence-corrected chi connectivity index (χ1v) is 9.61. The minimum atomic E-state index is -0.165. The average molecular weight is 372 g/mol. The van der Waals surface area contributed by atoms with Crippen LogP contribution in [0.3, 0.4) is 0 Å². The maximum absolute atomic E-state index is 12.1. The summed E-state index contributed by atoms with van der Waals surface area (Å²) in [5, 5.41) is 5.68. The van der Waals surface area contributed by atoms with Gasteiger partial charge in [0.2, 0.25) is 11.8 Å². The molecular weight excluding hydrogens is 348 g/mol. The quantitative estimate of drug-likeness (QED) is 0.735. The Morgan fingerprint density at radius 2 is 1.58 bits per heavy atom. The number of amides is 2. The lowest BCUT2D eigenvalue weighted by Gasteiger charge is -2.11. The zero-order chi connectivity index (χ0) is 18.9. The summed E-state index contributed by atoms with van der Waals surface area (Å²) < 4.78 is 5.48. The first-order chi connectivity index (χ1) is 12.5. The molecule has 0 atom stereocenters. The second-order valence-corrected chi connectivity index (χ2v) is 6.88. The third-order valence-electron chi connectivity index (χ3n) is 3.43. The van der Waals surface area contributed by atoms with Gasteiger partial charge in [-0.3, -0.25) is 9.59 Å². The summed E-state index contributed by atoms with van der Waals surface area (Å²) in [6, 6.07) is 13.2. The van der Waals surface area contributed by atoms with E-state index in [-0.39, 0.29) is 23.3 Å². The second-order valence-electron chi connectivity index (χ2n) is 5.89. The van der Waals surface area contributed by atoms with E-state index in [0.29, 0.717) is 18.0 Å². The number of hydrogen-bond acceptors (Lipinski definition) is 4. The molecule has 0 unspecified atom stereocenters.